The largest absolute Gasteiger partial charge is 0.467 e. The van der Waals surface area contributed by atoms with E-state index in [9.17, 15) is 19.7 Å². The van der Waals surface area contributed by atoms with Crippen molar-refractivity contribution < 1.29 is 18.9 Å². The van der Waals surface area contributed by atoms with Crippen molar-refractivity contribution >= 4 is 28.8 Å². The summed E-state index contributed by atoms with van der Waals surface area (Å²) in [5.74, 6) is 0.129. The number of hydrogen-bond acceptors (Lipinski definition) is 6. The molecule has 8 nitrogen and oxygen atoms in total. The topological polar surface area (TPSA) is 106 Å². The summed E-state index contributed by atoms with van der Waals surface area (Å²) in [5, 5.41) is 14.8. The van der Waals surface area contributed by atoms with Gasteiger partial charge in [0.05, 0.1) is 22.6 Å². The zero-order chi connectivity index (χ0) is 25.9. The lowest BCUT2D eigenvalue weighted by Crippen LogP contribution is -2.38. The predicted octanol–water partition coefficient (Wildman–Crippen LogP) is 6.67. The highest BCUT2D eigenvalue weighted by molar-refractivity contribution is 6.06. The Labute approximate surface area is 215 Å². The lowest BCUT2D eigenvalue weighted by molar-refractivity contribution is -0.384. The van der Waals surface area contributed by atoms with Crippen LogP contribution < -0.4 is 10.2 Å². The molecule has 0 radical (unpaired) electrons. The Balaban J connectivity index is 1.62. The molecule has 0 unspecified atom stereocenters. The SMILES string of the molecule is CCCCCC(=O)N1c2ccccc2NC2=C(C(=O)C[C@@H](c3cccc([N+](=O)[O-])c3)C2)[C@@H]1c1ccco1. The van der Waals surface area contributed by atoms with Crippen LogP contribution in [0.2, 0.25) is 0 Å². The van der Waals surface area contributed by atoms with Gasteiger partial charge in [0.2, 0.25) is 5.91 Å². The van der Waals surface area contributed by atoms with E-state index in [-0.39, 0.29) is 29.7 Å². The van der Waals surface area contributed by atoms with Gasteiger partial charge in [-0.25, -0.2) is 0 Å². The molecule has 2 heterocycles. The number of allylic oxidation sites excluding steroid dienone is 1. The molecule has 0 saturated carbocycles. The van der Waals surface area contributed by atoms with E-state index < -0.39 is 11.0 Å². The van der Waals surface area contributed by atoms with E-state index in [2.05, 4.69) is 12.2 Å². The Morgan fingerprint density at radius 3 is 2.70 bits per heavy atom. The van der Waals surface area contributed by atoms with Crippen molar-refractivity contribution in [2.45, 2.75) is 57.4 Å². The van der Waals surface area contributed by atoms with Crippen LogP contribution >= 0.6 is 0 Å². The monoisotopic (exact) mass is 499 g/mol. The van der Waals surface area contributed by atoms with Crippen molar-refractivity contribution in [1.82, 2.24) is 0 Å². The number of non-ortho nitro benzene ring substituents is 1. The van der Waals surface area contributed by atoms with E-state index in [1.54, 1.807) is 35.4 Å². The van der Waals surface area contributed by atoms with Gasteiger partial charge < -0.3 is 9.73 Å². The first-order valence-corrected chi connectivity index (χ1v) is 12.7. The summed E-state index contributed by atoms with van der Waals surface area (Å²) in [5.41, 5.74) is 3.40. The number of fused-ring (bicyclic) bond motifs is 1. The number of para-hydroxylation sites is 2. The van der Waals surface area contributed by atoms with Crippen molar-refractivity contribution in [1.29, 1.82) is 0 Å². The third-order valence-corrected chi connectivity index (χ3v) is 7.12. The molecule has 0 fully saturated rings. The maximum absolute atomic E-state index is 13.9. The minimum Gasteiger partial charge on any atom is -0.467 e. The van der Waals surface area contributed by atoms with Gasteiger partial charge in [-0.3, -0.25) is 24.6 Å². The maximum Gasteiger partial charge on any atom is 0.269 e. The molecular formula is C29H29N3O5. The fraction of sp³-hybridized carbons (Fsp3) is 0.310. The number of nitrogens with zero attached hydrogens (tertiary/aromatic N) is 2. The first-order chi connectivity index (χ1) is 18.0. The summed E-state index contributed by atoms with van der Waals surface area (Å²) in [4.78, 5) is 40.2. The van der Waals surface area contributed by atoms with Crippen LogP contribution in [0.5, 0.6) is 0 Å². The molecule has 0 bridgehead atoms. The molecule has 0 spiro atoms. The number of nitrogens with one attached hydrogen (secondary N) is 1. The number of anilines is 2. The molecule has 3 aromatic rings. The van der Waals surface area contributed by atoms with Gasteiger partial charge in [0.1, 0.15) is 11.8 Å². The molecule has 2 aliphatic rings. The first kappa shape index (κ1) is 24.5. The summed E-state index contributed by atoms with van der Waals surface area (Å²) in [6, 6.07) is 16.9. The van der Waals surface area contributed by atoms with Crippen LogP contribution in [-0.2, 0) is 9.59 Å². The average Bonchev–Trinajstić information content (AvgIpc) is 3.38. The Morgan fingerprint density at radius 1 is 1.11 bits per heavy atom. The number of nitro groups is 1. The van der Waals surface area contributed by atoms with E-state index in [1.165, 1.54) is 6.07 Å². The number of amides is 1. The lowest BCUT2D eigenvalue weighted by Gasteiger charge is -2.33. The van der Waals surface area contributed by atoms with Crippen LogP contribution in [0.25, 0.3) is 0 Å². The standard InChI is InChI=1S/C29H29N3O5/c1-2-3-4-14-27(34)31-24-12-6-5-11-22(24)30-23-17-20(19-9-7-10-21(16-19)32(35)36)18-25(33)28(23)29(31)26-13-8-15-37-26/h5-13,15-16,20,29-30H,2-4,14,17-18H2,1H3/t20-,29-/m0/s1. The Bertz CT molecular complexity index is 1360. The molecule has 2 aromatic carbocycles. The summed E-state index contributed by atoms with van der Waals surface area (Å²) in [6.45, 7) is 2.09. The lowest BCUT2D eigenvalue weighted by atomic mass is 9.79. The van der Waals surface area contributed by atoms with E-state index >= 15 is 0 Å². The third kappa shape index (κ3) is 4.79. The number of benzene rings is 2. The van der Waals surface area contributed by atoms with Gasteiger partial charge in [0, 0.05) is 36.2 Å². The molecule has 37 heavy (non-hydrogen) atoms. The fourth-order valence-electron chi connectivity index (χ4n) is 5.36. The van der Waals surface area contributed by atoms with Crippen LogP contribution in [0, 0.1) is 10.1 Å². The van der Waals surface area contributed by atoms with Crippen molar-refractivity contribution in [3.05, 3.63) is 99.6 Å². The van der Waals surface area contributed by atoms with Gasteiger partial charge in [-0.05, 0) is 48.6 Å². The van der Waals surface area contributed by atoms with Crippen molar-refractivity contribution in [2.75, 3.05) is 10.2 Å². The molecule has 0 saturated heterocycles. The maximum atomic E-state index is 13.9. The van der Waals surface area contributed by atoms with E-state index in [4.69, 9.17) is 4.42 Å². The fourth-order valence-corrected chi connectivity index (χ4v) is 5.36. The van der Waals surface area contributed by atoms with E-state index in [1.807, 2.05) is 30.3 Å². The number of hydrogen-bond donors (Lipinski definition) is 1. The Morgan fingerprint density at radius 2 is 1.95 bits per heavy atom. The number of unbranched alkanes of at least 4 members (excludes halogenated alkanes) is 2. The smallest absolute Gasteiger partial charge is 0.269 e. The third-order valence-electron chi connectivity index (χ3n) is 7.12. The summed E-state index contributed by atoms with van der Waals surface area (Å²) in [7, 11) is 0. The molecule has 1 N–H and O–H groups in total. The molecule has 2 atom stereocenters. The van der Waals surface area contributed by atoms with Crippen molar-refractivity contribution in [2.24, 2.45) is 0 Å². The first-order valence-electron chi connectivity index (χ1n) is 12.7. The van der Waals surface area contributed by atoms with Crippen molar-refractivity contribution in [3.8, 4) is 0 Å². The van der Waals surface area contributed by atoms with Crippen LogP contribution in [0.4, 0.5) is 17.1 Å². The summed E-state index contributed by atoms with van der Waals surface area (Å²) >= 11 is 0. The van der Waals surface area contributed by atoms with Gasteiger partial charge in [-0.2, -0.15) is 0 Å². The van der Waals surface area contributed by atoms with Crippen molar-refractivity contribution in [3.63, 3.8) is 0 Å². The van der Waals surface area contributed by atoms with Gasteiger partial charge in [-0.1, -0.05) is 44.0 Å². The molecule has 1 aliphatic heterocycles. The second-order valence-corrected chi connectivity index (χ2v) is 9.55. The molecule has 8 heteroatoms. The highest BCUT2D eigenvalue weighted by atomic mass is 16.6. The second kappa shape index (κ2) is 10.4. The molecule has 5 rings (SSSR count). The number of furan rings is 1. The molecule has 190 valence electrons. The Hall–Kier alpha value is -4.20. The zero-order valence-electron chi connectivity index (χ0n) is 20.7. The highest BCUT2D eigenvalue weighted by Crippen LogP contribution is 2.47. The molecule has 1 aromatic heterocycles. The predicted molar refractivity (Wildman–Crippen MR) is 140 cm³/mol. The second-order valence-electron chi connectivity index (χ2n) is 9.55. The number of Topliss-reactive ketones (excluding diaryl/α,β-unsaturated/α-hetero) is 1. The van der Waals surface area contributed by atoms with Gasteiger partial charge in [-0.15, -0.1) is 0 Å². The number of rotatable bonds is 7. The quantitative estimate of drug-likeness (QED) is 0.221. The minimum atomic E-state index is -0.700. The van der Waals surface area contributed by atoms with Crippen LogP contribution in [-0.4, -0.2) is 16.6 Å². The minimum absolute atomic E-state index is 0.00112. The normalized spacial score (nSPS) is 19.1. The number of nitro benzene ring substituents is 1. The van der Waals surface area contributed by atoms with E-state index in [0.29, 0.717) is 35.6 Å². The highest BCUT2D eigenvalue weighted by Gasteiger charge is 2.42. The molecular weight excluding hydrogens is 470 g/mol. The van der Waals surface area contributed by atoms with Crippen LogP contribution in [0.3, 0.4) is 0 Å². The average molecular weight is 500 g/mol. The summed E-state index contributed by atoms with van der Waals surface area (Å²) in [6.07, 6.45) is 5.30. The van der Waals surface area contributed by atoms with Crippen LogP contribution in [0.15, 0.2) is 82.6 Å². The van der Waals surface area contributed by atoms with E-state index in [0.717, 1.165) is 30.5 Å². The van der Waals surface area contributed by atoms with Gasteiger partial charge in [0.25, 0.3) is 5.69 Å². The van der Waals surface area contributed by atoms with Gasteiger partial charge >= 0.3 is 0 Å². The Kier molecular flexibility index (Phi) is 6.90. The zero-order valence-corrected chi connectivity index (χ0v) is 20.7. The molecule has 1 aliphatic carbocycles. The number of ketones is 1. The summed E-state index contributed by atoms with van der Waals surface area (Å²) < 4.78 is 5.82. The van der Waals surface area contributed by atoms with Crippen LogP contribution in [0.1, 0.15) is 68.7 Å². The van der Waals surface area contributed by atoms with Gasteiger partial charge in [0.15, 0.2) is 5.78 Å². The number of carbonyl (C=O) groups is 2. The molecule has 1 amide bonds. The number of carbonyl (C=O) groups excluding carboxylic acids is 2.